The predicted molar refractivity (Wildman–Crippen MR) is 63.7 cm³/mol. The molecule has 7 nitrogen and oxygen atoms in total. The van der Waals surface area contributed by atoms with Gasteiger partial charge in [-0.2, -0.15) is 0 Å². The molecule has 7 heteroatoms. The second-order valence-corrected chi connectivity index (χ2v) is 3.13. The van der Waals surface area contributed by atoms with Crippen molar-refractivity contribution in [1.82, 2.24) is 15.5 Å². The van der Waals surface area contributed by atoms with Gasteiger partial charge in [-0.15, -0.1) is 16.6 Å². The molecule has 1 aromatic heterocycles. The standard InChI is InChI=1S/C11H12N4O3/c1-3-6-12-10(16)7-13-9-5-4-8(14-15-9)11(17)18-2/h1,4-5H,6-7H2,2H3,(H,12,16)(H,13,15). The van der Waals surface area contributed by atoms with Crippen LogP contribution in [0.5, 0.6) is 0 Å². The van der Waals surface area contributed by atoms with Gasteiger partial charge in [0.05, 0.1) is 20.2 Å². The summed E-state index contributed by atoms with van der Waals surface area (Å²) in [5, 5.41) is 12.6. The Bertz CT molecular complexity index is 464. The van der Waals surface area contributed by atoms with Crippen molar-refractivity contribution in [2.45, 2.75) is 0 Å². The van der Waals surface area contributed by atoms with Gasteiger partial charge in [0.1, 0.15) is 5.82 Å². The number of carbonyl (C=O) groups is 2. The Labute approximate surface area is 104 Å². The molecule has 0 saturated heterocycles. The van der Waals surface area contributed by atoms with E-state index in [1.54, 1.807) is 0 Å². The molecule has 1 rings (SSSR count). The second-order valence-electron chi connectivity index (χ2n) is 3.13. The van der Waals surface area contributed by atoms with E-state index in [4.69, 9.17) is 6.42 Å². The van der Waals surface area contributed by atoms with Crippen LogP contribution in [0.4, 0.5) is 5.82 Å². The highest BCUT2D eigenvalue weighted by molar-refractivity contribution is 5.87. The predicted octanol–water partition coefficient (Wildman–Crippen LogP) is -0.576. The van der Waals surface area contributed by atoms with Gasteiger partial charge < -0.3 is 15.4 Å². The topological polar surface area (TPSA) is 93.2 Å². The molecule has 0 saturated carbocycles. The van der Waals surface area contributed by atoms with E-state index in [1.165, 1.54) is 19.2 Å². The Kier molecular flexibility index (Phi) is 5.12. The summed E-state index contributed by atoms with van der Waals surface area (Å²) >= 11 is 0. The first-order chi connectivity index (χ1) is 8.67. The summed E-state index contributed by atoms with van der Waals surface area (Å²) in [6.45, 7) is 0.196. The first-order valence-electron chi connectivity index (χ1n) is 5.03. The summed E-state index contributed by atoms with van der Waals surface area (Å²) in [6.07, 6.45) is 4.99. The summed E-state index contributed by atoms with van der Waals surface area (Å²) in [6, 6.07) is 2.97. The molecule has 0 spiro atoms. The molecular formula is C11H12N4O3. The normalized spacial score (nSPS) is 9.11. The SMILES string of the molecule is C#CCNC(=O)CNc1ccc(C(=O)OC)nn1. The molecule has 0 aromatic carbocycles. The number of rotatable bonds is 5. The van der Waals surface area contributed by atoms with Gasteiger partial charge in [0.2, 0.25) is 5.91 Å². The average Bonchev–Trinajstić information content (AvgIpc) is 2.42. The van der Waals surface area contributed by atoms with Gasteiger partial charge in [-0.1, -0.05) is 5.92 Å². The molecule has 0 aliphatic rings. The molecule has 0 atom stereocenters. The molecular weight excluding hydrogens is 236 g/mol. The number of carbonyl (C=O) groups excluding carboxylic acids is 2. The Balaban J connectivity index is 2.47. The fourth-order valence-corrected chi connectivity index (χ4v) is 1.02. The maximum atomic E-state index is 11.2. The van der Waals surface area contributed by atoms with Crippen LogP contribution in [0.25, 0.3) is 0 Å². The Morgan fingerprint density at radius 3 is 2.78 bits per heavy atom. The lowest BCUT2D eigenvalue weighted by atomic mass is 10.4. The summed E-state index contributed by atoms with van der Waals surface area (Å²) in [4.78, 5) is 22.3. The van der Waals surface area contributed by atoms with Crippen molar-refractivity contribution in [1.29, 1.82) is 0 Å². The van der Waals surface area contributed by atoms with E-state index in [0.29, 0.717) is 5.82 Å². The molecule has 0 aliphatic heterocycles. The number of methoxy groups -OCH3 is 1. The van der Waals surface area contributed by atoms with E-state index >= 15 is 0 Å². The van der Waals surface area contributed by atoms with Crippen LogP contribution >= 0.6 is 0 Å². The third-order valence-corrected chi connectivity index (χ3v) is 1.88. The molecule has 1 amide bonds. The van der Waals surface area contributed by atoms with Gasteiger partial charge in [-0.3, -0.25) is 4.79 Å². The maximum Gasteiger partial charge on any atom is 0.358 e. The third kappa shape index (κ3) is 4.09. The van der Waals surface area contributed by atoms with Crippen molar-refractivity contribution in [2.75, 3.05) is 25.5 Å². The number of esters is 1. The highest BCUT2D eigenvalue weighted by Gasteiger charge is 2.07. The Hall–Kier alpha value is -2.62. The minimum Gasteiger partial charge on any atom is -0.464 e. The molecule has 0 unspecified atom stereocenters. The van der Waals surface area contributed by atoms with Crippen LogP contribution in [0.1, 0.15) is 10.5 Å². The smallest absolute Gasteiger partial charge is 0.358 e. The number of hydrogen-bond donors (Lipinski definition) is 2. The molecule has 1 aromatic rings. The van der Waals surface area contributed by atoms with Crippen molar-refractivity contribution in [3.8, 4) is 12.3 Å². The van der Waals surface area contributed by atoms with E-state index in [2.05, 4.69) is 31.5 Å². The van der Waals surface area contributed by atoms with Crippen LogP contribution in [0.3, 0.4) is 0 Å². The molecule has 94 valence electrons. The largest absolute Gasteiger partial charge is 0.464 e. The Morgan fingerprint density at radius 1 is 1.44 bits per heavy atom. The molecule has 2 N–H and O–H groups in total. The van der Waals surface area contributed by atoms with E-state index in [9.17, 15) is 9.59 Å². The van der Waals surface area contributed by atoms with Gasteiger partial charge in [-0.25, -0.2) is 4.79 Å². The number of nitrogens with one attached hydrogen (secondary N) is 2. The van der Waals surface area contributed by atoms with Gasteiger partial charge in [0.25, 0.3) is 0 Å². The molecule has 0 radical (unpaired) electrons. The number of terminal acetylenes is 1. The fourth-order valence-electron chi connectivity index (χ4n) is 1.02. The number of ether oxygens (including phenoxy) is 1. The molecule has 0 bridgehead atoms. The lowest BCUT2D eigenvalue weighted by Gasteiger charge is -2.04. The zero-order valence-corrected chi connectivity index (χ0v) is 9.77. The highest BCUT2D eigenvalue weighted by Crippen LogP contribution is 2.02. The molecule has 0 fully saturated rings. The van der Waals surface area contributed by atoms with Crippen LogP contribution in [0.15, 0.2) is 12.1 Å². The van der Waals surface area contributed by atoms with Gasteiger partial charge in [0.15, 0.2) is 5.69 Å². The van der Waals surface area contributed by atoms with Crippen LogP contribution in [0.2, 0.25) is 0 Å². The number of amides is 1. The van der Waals surface area contributed by atoms with Crippen molar-refractivity contribution in [3.05, 3.63) is 17.8 Å². The summed E-state index contributed by atoms with van der Waals surface area (Å²) in [5.41, 5.74) is 0.0971. The molecule has 0 aliphatic carbocycles. The summed E-state index contributed by atoms with van der Waals surface area (Å²) in [7, 11) is 1.26. The van der Waals surface area contributed by atoms with Crippen molar-refractivity contribution >= 4 is 17.7 Å². The minimum absolute atomic E-state index is 0.0218. The van der Waals surface area contributed by atoms with E-state index in [1.807, 2.05) is 0 Å². The van der Waals surface area contributed by atoms with Crippen LogP contribution in [-0.2, 0) is 9.53 Å². The van der Waals surface area contributed by atoms with E-state index in [0.717, 1.165) is 0 Å². The number of hydrogen-bond acceptors (Lipinski definition) is 6. The maximum absolute atomic E-state index is 11.2. The lowest BCUT2D eigenvalue weighted by molar-refractivity contribution is -0.119. The zero-order valence-electron chi connectivity index (χ0n) is 9.77. The first kappa shape index (κ1) is 13.4. The monoisotopic (exact) mass is 248 g/mol. The number of aromatic nitrogens is 2. The first-order valence-corrected chi connectivity index (χ1v) is 5.03. The number of anilines is 1. The van der Waals surface area contributed by atoms with Crippen LogP contribution < -0.4 is 10.6 Å². The van der Waals surface area contributed by atoms with Crippen molar-refractivity contribution in [2.24, 2.45) is 0 Å². The van der Waals surface area contributed by atoms with Gasteiger partial charge in [0, 0.05) is 0 Å². The highest BCUT2D eigenvalue weighted by atomic mass is 16.5. The summed E-state index contributed by atoms with van der Waals surface area (Å²) in [5.74, 6) is 1.83. The lowest BCUT2D eigenvalue weighted by Crippen LogP contribution is -2.30. The molecule has 1 heterocycles. The average molecular weight is 248 g/mol. The van der Waals surface area contributed by atoms with Crippen molar-refractivity contribution < 1.29 is 14.3 Å². The van der Waals surface area contributed by atoms with E-state index < -0.39 is 5.97 Å². The number of nitrogens with zero attached hydrogens (tertiary/aromatic N) is 2. The quantitative estimate of drug-likeness (QED) is 0.535. The van der Waals surface area contributed by atoms with Gasteiger partial charge in [-0.05, 0) is 12.1 Å². The van der Waals surface area contributed by atoms with Crippen LogP contribution in [0, 0.1) is 12.3 Å². The zero-order chi connectivity index (χ0) is 13.4. The minimum atomic E-state index is -0.569. The third-order valence-electron chi connectivity index (χ3n) is 1.88. The van der Waals surface area contributed by atoms with Crippen molar-refractivity contribution in [3.63, 3.8) is 0 Å². The van der Waals surface area contributed by atoms with E-state index in [-0.39, 0.29) is 24.7 Å². The van der Waals surface area contributed by atoms with Crippen LogP contribution in [-0.4, -0.2) is 42.3 Å². The second kappa shape index (κ2) is 6.85. The Morgan fingerprint density at radius 2 is 2.22 bits per heavy atom. The summed E-state index contributed by atoms with van der Waals surface area (Å²) < 4.78 is 4.47. The fraction of sp³-hybridized carbons (Fsp3) is 0.273. The van der Waals surface area contributed by atoms with Gasteiger partial charge >= 0.3 is 5.97 Å². The molecule has 18 heavy (non-hydrogen) atoms.